The van der Waals surface area contributed by atoms with E-state index < -0.39 is 35.2 Å². The summed E-state index contributed by atoms with van der Waals surface area (Å²) in [7, 11) is 1.61. The van der Waals surface area contributed by atoms with Gasteiger partial charge in [0.2, 0.25) is 0 Å². The van der Waals surface area contributed by atoms with Crippen molar-refractivity contribution < 1.29 is 23.8 Å². The van der Waals surface area contributed by atoms with Gasteiger partial charge in [0.1, 0.15) is 0 Å². The van der Waals surface area contributed by atoms with Crippen LogP contribution in [0.1, 0.15) is 49.9 Å². The Morgan fingerprint density at radius 3 is 1.38 bits per heavy atom. The molecule has 0 saturated heterocycles. The van der Waals surface area contributed by atoms with E-state index >= 15 is 0 Å². The second kappa shape index (κ2) is 8.71. The van der Waals surface area contributed by atoms with E-state index in [1.54, 1.807) is 55.6 Å². The summed E-state index contributed by atoms with van der Waals surface area (Å²) in [5, 5.41) is 0. The predicted octanol–water partition coefficient (Wildman–Crippen LogP) is 5.66. The van der Waals surface area contributed by atoms with Crippen molar-refractivity contribution in [1.82, 2.24) is 0 Å². The normalized spacial score (nSPS) is 25.0. The van der Waals surface area contributed by atoms with Crippen LogP contribution in [0.2, 0.25) is 0 Å². The monoisotopic (exact) mass is 490 g/mol. The van der Waals surface area contributed by atoms with Gasteiger partial charge in [-0.05, 0) is 53.4 Å². The number of methoxy groups -OCH3 is 1. The summed E-state index contributed by atoms with van der Waals surface area (Å²) in [5.74, 6) is -0.991. The third-order valence-corrected chi connectivity index (χ3v) is 7.83. The summed E-state index contributed by atoms with van der Waals surface area (Å²) >= 11 is 0. The van der Waals surface area contributed by atoms with E-state index in [0.29, 0.717) is 11.1 Å². The lowest BCUT2D eigenvalue weighted by atomic mass is 9.51. The molecule has 5 nitrogen and oxygen atoms in total. The maximum Gasteiger partial charge on any atom is 0.338 e. The summed E-state index contributed by atoms with van der Waals surface area (Å²) in [6.45, 7) is 2.05. The van der Waals surface area contributed by atoms with Crippen molar-refractivity contribution in [3.05, 3.63) is 143 Å². The molecule has 0 amide bonds. The zero-order valence-corrected chi connectivity index (χ0v) is 20.6. The number of carbonyl (C=O) groups is 2. The maximum absolute atomic E-state index is 13.5. The van der Waals surface area contributed by atoms with Crippen LogP contribution in [-0.2, 0) is 25.2 Å². The standard InChI is InChI=1S/C32H26O5/c1-31-23-17-9-11-19-25(23)32(35-2,26-20-12-10-18-24(26)31)28(37-30(34)22-15-7-4-8-16-22)27(31)36-29(33)21-13-5-3-6-14-21/h3-20,27-28H,1-2H3/t27?,28?,31-,32-. The Kier molecular flexibility index (Phi) is 5.46. The van der Waals surface area contributed by atoms with Crippen LogP contribution >= 0.6 is 0 Å². The Labute approximate surface area is 215 Å². The minimum atomic E-state index is -1.17. The van der Waals surface area contributed by atoms with Crippen LogP contribution in [0.15, 0.2) is 109 Å². The van der Waals surface area contributed by atoms with Gasteiger partial charge in [-0.1, -0.05) is 84.9 Å². The van der Waals surface area contributed by atoms with Gasteiger partial charge in [-0.3, -0.25) is 0 Å². The lowest BCUT2D eigenvalue weighted by Gasteiger charge is -2.59. The fourth-order valence-electron chi connectivity index (χ4n) is 6.11. The Bertz CT molecular complexity index is 1430. The predicted molar refractivity (Wildman–Crippen MR) is 138 cm³/mol. The minimum Gasteiger partial charge on any atom is -0.453 e. The molecular weight excluding hydrogens is 464 g/mol. The molecule has 0 saturated carbocycles. The number of carbonyl (C=O) groups excluding carboxylic acids is 2. The summed E-state index contributed by atoms with van der Waals surface area (Å²) in [5.41, 5.74) is 2.63. The van der Waals surface area contributed by atoms with Gasteiger partial charge < -0.3 is 14.2 Å². The molecule has 3 aliphatic rings. The molecule has 0 spiro atoms. The largest absolute Gasteiger partial charge is 0.453 e. The summed E-state index contributed by atoms with van der Waals surface area (Å²) in [6, 6.07) is 33.6. The van der Waals surface area contributed by atoms with Gasteiger partial charge in [0.15, 0.2) is 17.8 Å². The highest BCUT2D eigenvalue weighted by Crippen LogP contribution is 2.61. The van der Waals surface area contributed by atoms with E-state index in [0.717, 1.165) is 22.3 Å². The third kappa shape index (κ3) is 3.27. The molecule has 0 fully saturated rings. The van der Waals surface area contributed by atoms with Gasteiger partial charge in [-0.25, -0.2) is 9.59 Å². The Morgan fingerprint density at radius 2 is 0.946 bits per heavy atom. The number of esters is 2. The second-order valence-corrected chi connectivity index (χ2v) is 9.62. The molecule has 3 aliphatic carbocycles. The minimum absolute atomic E-state index is 0.412. The highest BCUT2D eigenvalue weighted by molar-refractivity contribution is 5.91. The van der Waals surface area contributed by atoms with Crippen molar-refractivity contribution >= 4 is 11.9 Å². The first kappa shape index (κ1) is 23.2. The zero-order chi connectivity index (χ0) is 25.6. The van der Waals surface area contributed by atoms with Gasteiger partial charge in [-0.15, -0.1) is 0 Å². The quantitative estimate of drug-likeness (QED) is 0.338. The van der Waals surface area contributed by atoms with E-state index in [1.165, 1.54) is 0 Å². The zero-order valence-electron chi connectivity index (χ0n) is 20.6. The Hall–Kier alpha value is -4.22. The molecule has 184 valence electrons. The van der Waals surface area contributed by atoms with E-state index in [1.807, 2.05) is 60.7 Å². The first-order valence-electron chi connectivity index (χ1n) is 12.3. The number of benzene rings is 4. The van der Waals surface area contributed by atoms with Crippen LogP contribution in [0.5, 0.6) is 0 Å². The highest BCUT2D eigenvalue weighted by atomic mass is 16.6. The molecule has 0 aromatic heterocycles. The molecule has 0 heterocycles. The molecule has 2 unspecified atom stereocenters. The smallest absolute Gasteiger partial charge is 0.338 e. The molecule has 0 aliphatic heterocycles. The van der Waals surface area contributed by atoms with Crippen molar-refractivity contribution in [2.75, 3.05) is 7.11 Å². The fourth-order valence-corrected chi connectivity index (χ4v) is 6.11. The Balaban J connectivity index is 1.57. The summed E-state index contributed by atoms with van der Waals surface area (Å²) < 4.78 is 19.0. The first-order valence-corrected chi connectivity index (χ1v) is 12.3. The van der Waals surface area contributed by atoms with Gasteiger partial charge >= 0.3 is 11.9 Å². The van der Waals surface area contributed by atoms with Crippen LogP contribution < -0.4 is 0 Å². The first-order chi connectivity index (χ1) is 18.0. The van der Waals surface area contributed by atoms with Crippen molar-refractivity contribution in [2.24, 2.45) is 0 Å². The molecule has 2 bridgehead atoms. The topological polar surface area (TPSA) is 61.8 Å². The molecule has 4 aromatic carbocycles. The summed E-state index contributed by atoms with van der Waals surface area (Å²) in [6.07, 6.45) is -1.79. The SMILES string of the molecule is CO[C@]12c3ccccc3[C@](C)(c3ccccc31)C(OC(=O)c1ccccc1)C2OC(=O)c1ccccc1. The van der Waals surface area contributed by atoms with Crippen LogP contribution in [0.4, 0.5) is 0 Å². The average molecular weight is 491 g/mol. The van der Waals surface area contributed by atoms with Crippen LogP contribution in [0, 0.1) is 0 Å². The average Bonchev–Trinajstić information content (AvgIpc) is 2.96. The molecule has 0 N–H and O–H groups in total. The van der Waals surface area contributed by atoms with E-state index in [4.69, 9.17) is 14.2 Å². The molecule has 37 heavy (non-hydrogen) atoms. The fraction of sp³-hybridized carbons (Fsp3) is 0.188. The van der Waals surface area contributed by atoms with Crippen molar-refractivity contribution in [2.45, 2.75) is 30.1 Å². The van der Waals surface area contributed by atoms with Crippen molar-refractivity contribution in [3.8, 4) is 0 Å². The van der Waals surface area contributed by atoms with Crippen molar-refractivity contribution in [3.63, 3.8) is 0 Å². The molecular formula is C32H26O5. The number of hydrogen-bond donors (Lipinski definition) is 0. The van der Waals surface area contributed by atoms with E-state index in [-0.39, 0.29) is 0 Å². The van der Waals surface area contributed by atoms with Crippen LogP contribution in [-0.4, -0.2) is 31.3 Å². The van der Waals surface area contributed by atoms with Crippen LogP contribution in [0.3, 0.4) is 0 Å². The third-order valence-electron chi connectivity index (χ3n) is 7.83. The molecule has 7 rings (SSSR count). The number of ether oxygens (including phenoxy) is 3. The van der Waals surface area contributed by atoms with Gasteiger partial charge in [0.05, 0.1) is 16.5 Å². The number of rotatable bonds is 5. The maximum atomic E-state index is 13.5. The summed E-state index contributed by atoms with van der Waals surface area (Å²) in [4.78, 5) is 26.9. The highest BCUT2D eigenvalue weighted by Gasteiger charge is 2.68. The Morgan fingerprint density at radius 1 is 0.568 bits per heavy atom. The van der Waals surface area contributed by atoms with E-state index in [2.05, 4.69) is 6.92 Å². The van der Waals surface area contributed by atoms with Crippen LogP contribution in [0.25, 0.3) is 0 Å². The van der Waals surface area contributed by atoms with Crippen molar-refractivity contribution in [1.29, 1.82) is 0 Å². The van der Waals surface area contributed by atoms with Gasteiger partial charge in [-0.2, -0.15) is 0 Å². The van der Waals surface area contributed by atoms with E-state index in [9.17, 15) is 9.59 Å². The number of hydrogen-bond acceptors (Lipinski definition) is 5. The van der Waals surface area contributed by atoms with Gasteiger partial charge in [0.25, 0.3) is 0 Å². The molecule has 2 atom stereocenters. The lowest BCUT2D eigenvalue weighted by molar-refractivity contribution is -0.167. The number of fused-ring (bicyclic) bond motifs is 1. The van der Waals surface area contributed by atoms with Gasteiger partial charge in [0, 0.05) is 7.11 Å². The molecule has 0 radical (unpaired) electrons. The second-order valence-electron chi connectivity index (χ2n) is 9.62. The molecule has 5 heteroatoms. The molecule has 4 aromatic rings. The lowest BCUT2D eigenvalue weighted by Crippen LogP contribution is -2.67.